The highest BCUT2D eigenvalue weighted by atomic mass is 32.2. The third-order valence-corrected chi connectivity index (χ3v) is 5.64. The Morgan fingerprint density at radius 2 is 1.84 bits per heavy atom. The maximum atomic E-state index is 12.1. The van der Waals surface area contributed by atoms with Gasteiger partial charge in [-0.2, -0.15) is 0 Å². The molecule has 2 saturated heterocycles. The van der Waals surface area contributed by atoms with Crippen LogP contribution in [0.2, 0.25) is 0 Å². The SMILES string of the molecule is CCNC(=NCC1CCCO1)NCCS(=O)(=O)NCC1CCCCO1. The van der Waals surface area contributed by atoms with E-state index in [1.807, 2.05) is 6.92 Å². The number of sulfonamides is 1. The zero-order valence-electron chi connectivity index (χ0n) is 15.1. The van der Waals surface area contributed by atoms with Gasteiger partial charge in [0.25, 0.3) is 0 Å². The number of nitrogens with zero attached hydrogens (tertiary/aromatic N) is 1. The van der Waals surface area contributed by atoms with E-state index in [4.69, 9.17) is 9.47 Å². The van der Waals surface area contributed by atoms with Crippen molar-refractivity contribution < 1.29 is 17.9 Å². The summed E-state index contributed by atoms with van der Waals surface area (Å²) >= 11 is 0. The molecule has 2 fully saturated rings. The predicted octanol–water partition coefficient (Wildman–Crippen LogP) is 0.209. The molecule has 0 radical (unpaired) electrons. The number of aliphatic imine (C=N–C) groups is 1. The van der Waals surface area contributed by atoms with E-state index in [1.54, 1.807) is 0 Å². The Balaban J connectivity index is 1.68. The van der Waals surface area contributed by atoms with Gasteiger partial charge in [0, 0.05) is 32.8 Å². The number of hydrogen-bond acceptors (Lipinski definition) is 5. The summed E-state index contributed by atoms with van der Waals surface area (Å²) in [5.74, 6) is 0.633. The minimum Gasteiger partial charge on any atom is -0.377 e. The van der Waals surface area contributed by atoms with Gasteiger partial charge in [0.2, 0.25) is 10.0 Å². The van der Waals surface area contributed by atoms with Crippen LogP contribution in [0.3, 0.4) is 0 Å². The maximum Gasteiger partial charge on any atom is 0.213 e. The Bertz CT molecular complexity index is 500. The summed E-state index contributed by atoms with van der Waals surface area (Å²) in [7, 11) is -3.32. The molecule has 25 heavy (non-hydrogen) atoms. The standard InChI is InChI=1S/C16H32N4O4S/c1-2-17-16(19-12-14-7-5-10-24-14)18-8-11-25(21,22)20-13-15-6-3-4-9-23-15/h14-15,20H,2-13H2,1H3,(H2,17,18,19). The minimum atomic E-state index is -3.32. The number of nitrogens with one attached hydrogen (secondary N) is 3. The smallest absolute Gasteiger partial charge is 0.213 e. The van der Waals surface area contributed by atoms with Crippen molar-refractivity contribution in [3.05, 3.63) is 0 Å². The molecule has 0 aromatic carbocycles. The molecular formula is C16H32N4O4S. The predicted molar refractivity (Wildman–Crippen MR) is 98.3 cm³/mol. The molecule has 0 aromatic heterocycles. The molecule has 2 unspecified atom stereocenters. The Morgan fingerprint density at radius 1 is 1.08 bits per heavy atom. The highest BCUT2D eigenvalue weighted by Crippen LogP contribution is 2.12. The second-order valence-electron chi connectivity index (χ2n) is 6.44. The van der Waals surface area contributed by atoms with E-state index in [9.17, 15) is 8.42 Å². The van der Waals surface area contributed by atoms with Gasteiger partial charge in [-0.25, -0.2) is 13.1 Å². The summed E-state index contributed by atoms with van der Waals surface area (Å²) in [6, 6.07) is 0. The summed E-state index contributed by atoms with van der Waals surface area (Å²) in [6.07, 6.45) is 5.37. The fourth-order valence-corrected chi connectivity index (χ4v) is 3.84. The molecule has 2 atom stereocenters. The third kappa shape index (κ3) is 8.35. The molecular weight excluding hydrogens is 344 g/mol. The van der Waals surface area contributed by atoms with E-state index in [0.29, 0.717) is 25.6 Å². The van der Waals surface area contributed by atoms with Crippen molar-refractivity contribution in [1.82, 2.24) is 15.4 Å². The molecule has 8 nitrogen and oxygen atoms in total. The lowest BCUT2D eigenvalue weighted by Gasteiger charge is -2.22. The molecule has 0 spiro atoms. The molecule has 2 heterocycles. The first-order chi connectivity index (χ1) is 12.1. The van der Waals surface area contributed by atoms with Crippen molar-refractivity contribution in [1.29, 1.82) is 0 Å². The van der Waals surface area contributed by atoms with Crippen molar-refractivity contribution in [3.8, 4) is 0 Å². The van der Waals surface area contributed by atoms with Crippen LogP contribution in [-0.4, -0.2) is 71.7 Å². The quantitative estimate of drug-likeness (QED) is 0.393. The lowest BCUT2D eigenvalue weighted by molar-refractivity contribution is 0.0200. The Labute approximate surface area is 151 Å². The zero-order valence-corrected chi connectivity index (χ0v) is 15.9. The van der Waals surface area contributed by atoms with Gasteiger partial charge in [0.05, 0.1) is 24.5 Å². The van der Waals surface area contributed by atoms with Crippen LogP contribution in [0.15, 0.2) is 4.99 Å². The zero-order chi connectivity index (χ0) is 18.0. The van der Waals surface area contributed by atoms with Crippen LogP contribution < -0.4 is 15.4 Å². The highest BCUT2D eigenvalue weighted by Gasteiger charge is 2.18. The summed E-state index contributed by atoms with van der Waals surface area (Å²) in [5.41, 5.74) is 0. The van der Waals surface area contributed by atoms with Crippen molar-refractivity contribution in [3.63, 3.8) is 0 Å². The molecule has 2 aliphatic rings. The third-order valence-electron chi connectivity index (χ3n) is 4.29. The minimum absolute atomic E-state index is 0.00165. The van der Waals surface area contributed by atoms with E-state index in [0.717, 1.165) is 51.9 Å². The number of guanidine groups is 1. The van der Waals surface area contributed by atoms with Gasteiger partial charge in [-0.3, -0.25) is 4.99 Å². The van der Waals surface area contributed by atoms with Crippen LogP contribution in [-0.2, 0) is 19.5 Å². The van der Waals surface area contributed by atoms with Crippen LogP contribution >= 0.6 is 0 Å². The van der Waals surface area contributed by atoms with Crippen LogP contribution in [0.1, 0.15) is 39.0 Å². The van der Waals surface area contributed by atoms with Crippen LogP contribution in [0, 0.1) is 0 Å². The van der Waals surface area contributed by atoms with E-state index in [2.05, 4.69) is 20.3 Å². The average Bonchev–Trinajstić information content (AvgIpc) is 3.12. The lowest BCUT2D eigenvalue weighted by Crippen LogP contribution is -2.42. The Morgan fingerprint density at radius 3 is 2.52 bits per heavy atom. The normalized spacial score (nSPS) is 25.1. The topological polar surface area (TPSA) is 101 Å². The summed E-state index contributed by atoms with van der Waals surface area (Å²) in [4.78, 5) is 4.47. The van der Waals surface area contributed by atoms with Crippen LogP contribution in [0.4, 0.5) is 0 Å². The molecule has 2 aliphatic heterocycles. The maximum absolute atomic E-state index is 12.1. The van der Waals surface area contributed by atoms with Gasteiger partial charge in [-0.15, -0.1) is 0 Å². The van der Waals surface area contributed by atoms with E-state index < -0.39 is 10.0 Å². The van der Waals surface area contributed by atoms with E-state index in [-0.39, 0.29) is 18.0 Å². The molecule has 2 rings (SSSR count). The second kappa shape index (κ2) is 10.9. The van der Waals surface area contributed by atoms with Gasteiger partial charge in [-0.05, 0) is 39.0 Å². The van der Waals surface area contributed by atoms with Gasteiger partial charge >= 0.3 is 0 Å². The van der Waals surface area contributed by atoms with E-state index >= 15 is 0 Å². The Hall–Kier alpha value is -0.900. The first-order valence-electron chi connectivity index (χ1n) is 9.32. The highest BCUT2D eigenvalue weighted by molar-refractivity contribution is 7.89. The van der Waals surface area contributed by atoms with Crippen molar-refractivity contribution >= 4 is 16.0 Å². The summed E-state index contributed by atoms with van der Waals surface area (Å²) in [5, 5.41) is 6.20. The van der Waals surface area contributed by atoms with E-state index in [1.165, 1.54) is 0 Å². The molecule has 0 bridgehead atoms. The van der Waals surface area contributed by atoms with Crippen molar-refractivity contribution in [2.24, 2.45) is 4.99 Å². The van der Waals surface area contributed by atoms with Crippen molar-refractivity contribution in [2.45, 2.75) is 51.2 Å². The molecule has 0 saturated carbocycles. The number of hydrogen-bond donors (Lipinski definition) is 3. The fourth-order valence-electron chi connectivity index (χ4n) is 2.89. The number of ether oxygens (including phenoxy) is 2. The largest absolute Gasteiger partial charge is 0.377 e. The number of rotatable bonds is 9. The van der Waals surface area contributed by atoms with Crippen molar-refractivity contribution in [2.75, 3.05) is 45.1 Å². The summed E-state index contributed by atoms with van der Waals surface area (Å²) in [6.45, 7) is 5.49. The molecule has 0 amide bonds. The fraction of sp³-hybridized carbons (Fsp3) is 0.938. The van der Waals surface area contributed by atoms with Gasteiger partial charge in [-0.1, -0.05) is 0 Å². The second-order valence-corrected chi connectivity index (χ2v) is 8.36. The molecule has 9 heteroatoms. The Kier molecular flexibility index (Phi) is 8.94. The first kappa shape index (κ1) is 20.4. The monoisotopic (exact) mass is 376 g/mol. The molecule has 3 N–H and O–H groups in total. The lowest BCUT2D eigenvalue weighted by atomic mass is 10.1. The van der Waals surface area contributed by atoms with Gasteiger partial charge in [0.1, 0.15) is 0 Å². The van der Waals surface area contributed by atoms with Crippen LogP contribution in [0.25, 0.3) is 0 Å². The van der Waals surface area contributed by atoms with Gasteiger partial charge < -0.3 is 20.1 Å². The average molecular weight is 377 g/mol. The molecule has 146 valence electrons. The van der Waals surface area contributed by atoms with Gasteiger partial charge in [0.15, 0.2) is 5.96 Å². The summed E-state index contributed by atoms with van der Waals surface area (Å²) < 4.78 is 37.9. The molecule has 0 aromatic rings. The molecule has 0 aliphatic carbocycles. The van der Waals surface area contributed by atoms with Crippen LogP contribution in [0.5, 0.6) is 0 Å². The first-order valence-corrected chi connectivity index (χ1v) is 11.0.